The molecule has 0 aliphatic carbocycles. The zero-order valence-electron chi connectivity index (χ0n) is 10.7. The minimum absolute atomic E-state index is 0.0350. The van der Waals surface area contributed by atoms with Gasteiger partial charge in [0, 0.05) is 28.1 Å². The van der Waals surface area contributed by atoms with Crippen molar-refractivity contribution in [1.29, 1.82) is 0 Å². The summed E-state index contributed by atoms with van der Waals surface area (Å²) in [5.74, 6) is -1.78. The van der Waals surface area contributed by atoms with E-state index in [1.807, 2.05) is 0 Å². The van der Waals surface area contributed by atoms with Crippen molar-refractivity contribution in [2.24, 2.45) is 0 Å². The van der Waals surface area contributed by atoms with Crippen LogP contribution in [0, 0.1) is 15.9 Å². The van der Waals surface area contributed by atoms with Gasteiger partial charge in [0.1, 0.15) is 0 Å². The molecule has 0 aliphatic heterocycles. The zero-order valence-corrected chi connectivity index (χ0v) is 11.5. The van der Waals surface area contributed by atoms with Gasteiger partial charge >= 0.3 is 11.7 Å². The van der Waals surface area contributed by atoms with E-state index < -0.39 is 22.4 Å². The maximum atomic E-state index is 13.2. The predicted octanol–water partition coefficient (Wildman–Crippen LogP) is 3.03. The molecule has 21 heavy (non-hydrogen) atoms. The van der Waals surface area contributed by atoms with Crippen molar-refractivity contribution in [3.8, 4) is 0 Å². The topological polar surface area (TPSA) is 92.5 Å². The van der Waals surface area contributed by atoms with E-state index in [1.54, 1.807) is 12.1 Å². The van der Waals surface area contributed by atoms with Crippen LogP contribution in [0.2, 0.25) is 0 Å². The fraction of sp³-hybridized carbons (Fsp3) is 0.154. The molecule has 0 fully saturated rings. The van der Waals surface area contributed by atoms with E-state index in [-0.39, 0.29) is 6.42 Å². The Bertz CT molecular complexity index is 687. The van der Waals surface area contributed by atoms with Crippen LogP contribution in [-0.2, 0) is 17.8 Å². The Kier molecular flexibility index (Phi) is 4.49. The van der Waals surface area contributed by atoms with E-state index in [2.05, 4.69) is 5.32 Å². The molecule has 0 radical (unpaired) electrons. The molecule has 0 atom stereocenters. The van der Waals surface area contributed by atoms with Crippen molar-refractivity contribution in [2.75, 3.05) is 5.32 Å². The Labute approximate surface area is 123 Å². The lowest BCUT2D eigenvalue weighted by molar-refractivity contribution is -0.387. The van der Waals surface area contributed by atoms with Crippen LogP contribution >= 0.6 is 11.3 Å². The standard InChI is InChI=1S/C13H11FN2O4S/c14-11-4-1-8(5-12(11)16(19)20)15-7-10-3-2-9(21-10)6-13(17)18/h1-5,15H,6-7H2,(H,17,18). The molecule has 0 aliphatic rings. The summed E-state index contributed by atoms with van der Waals surface area (Å²) in [5, 5.41) is 22.3. The first kappa shape index (κ1) is 14.9. The number of rotatable bonds is 6. The van der Waals surface area contributed by atoms with Gasteiger partial charge in [-0.05, 0) is 24.3 Å². The number of carboxylic acid groups (broad SMARTS) is 1. The van der Waals surface area contributed by atoms with Crippen LogP contribution in [0.1, 0.15) is 9.75 Å². The highest BCUT2D eigenvalue weighted by molar-refractivity contribution is 7.12. The summed E-state index contributed by atoms with van der Waals surface area (Å²) in [6.45, 7) is 0.382. The first-order valence-electron chi connectivity index (χ1n) is 5.93. The second-order valence-corrected chi connectivity index (χ2v) is 5.47. The average Bonchev–Trinajstić information content (AvgIpc) is 2.84. The van der Waals surface area contributed by atoms with Crippen LogP contribution < -0.4 is 5.32 Å². The van der Waals surface area contributed by atoms with Crippen molar-refractivity contribution >= 4 is 28.7 Å². The fourth-order valence-corrected chi connectivity index (χ4v) is 2.66. The van der Waals surface area contributed by atoms with Crippen LogP contribution in [0.25, 0.3) is 0 Å². The molecule has 0 unspecified atom stereocenters. The van der Waals surface area contributed by atoms with Gasteiger partial charge in [-0.25, -0.2) is 0 Å². The Morgan fingerprint density at radius 2 is 2.05 bits per heavy atom. The number of nitro benzene ring substituents is 1. The number of hydrogen-bond acceptors (Lipinski definition) is 5. The largest absolute Gasteiger partial charge is 0.481 e. The zero-order chi connectivity index (χ0) is 15.4. The van der Waals surface area contributed by atoms with Gasteiger partial charge in [0.15, 0.2) is 0 Å². The third-order valence-electron chi connectivity index (χ3n) is 2.65. The first-order valence-corrected chi connectivity index (χ1v) is 6.74. The molecule has 1 aromatic heterocycles. The third kappa shape index (κ3) is 3.99. The van der Waals surface area contributed by atoms with Gasteiger partial charge in [0.05, 0.1) is 11.3 Å². The molecule has 0 amide bonds. The minimum atomic E-state index is -0.898. The number of thiophene rings is 1. The third-order valence-corrected chi connectivity index (χ3v) is 3.74. The molecule has 8 heteroatoms. The number of carbonyl (C=O) groups is 1. The number of aliphatic carboxylic acids is 1. The number of carboxylic acids is 1. The molecular formula is C13H11FN2O4S. The average molecular weight is 310 g/mol. The maximum Gasteiger partial charge on any atom is 0.308 e. The molecule has 110 valence electrons. The molecule has 0 bridgehead atoms. The molecule has 1 heterocycles. The summed E-state index contributed by atoms with van der Waals surface area (Å²) in [4.78, 5) is 22.1. The van der Waals surface area contributed by atoms with E-state index in [1.165, 1.54) is 17.4 Å². The van der Waals surface area contributed by atoms with Gasteiger partial charge in [-0.2, -0.15) is 4.39 Å². The van der Waals surface area contributed by atoms with Gasteiger partial charge in [-0.3, -0.25) is 14.9 Å². The fourth-order valence-electron chi connectivity index (χ4n) is 1.71. The highest BCUT2D eigenvalue weighted by Gasteiger charge is 2.14. The number of nitrogens with zero attached hydrogens (tertiary/aromatic N) is 1. The smallest absolute Gasteiger partial charge is 0.308 e. The molecule has 2 N–H and O–H groups in total. The van der Waals surface area contributed by atoms with E-state index in [0.717, 1.165) is 21.9 Å². The summed E-state index contributed by atoms with van der Waals surface area (Å²) in [6, 6.07) is 7.08. The van der Waals surface area contributed by atoms with Crippen LogP contribution in [-0.4, -0.2) is 16.0 Å². The highest BCUT2D eigenvalue weighted by atomic mass is 32.1. The van der Waals surface area contributed by atoms with Gasteiger partial charge in [-0.15, -0.1) is 11.3 Å². The Morgan fingerprint density at radius 1 is 1.33 bits per heavy atom. The van der Waals surface area contributed by atoms with Crippen LogP contribution in [0.4, 0.5) is 15.8 Å². The van der Waals surface area contributed by atoms with Crippen LogP contribution in [0.5, 0.6) is 0 Å². The molecule has 1 aromatic carbocycles. The number of nitro groups is 1. The molecule has 0 spiro atoms. The summed E-state index contributed by atoms with van der Waals surface area (Å²) in [7, 11) is 0. The van der Waals surface area contributed by atoms with E-state index in [0.29, 0.717) is 12.2 Å². The Balaban J connectivity index is 2.03. The van der Waals surface area contributed by atoms with E-state index >= 15 is 0 Å². The normalized spacial score (nSPS) is 10.3. The molecule has 2 rings (SSSR count). The lowest BCUT2D eigenvalue weighted by Crippen LogP contribution is -2.00. The van der Waals surface area contributed by atoms with Gasteiger partial charge < -0.3 is 10.4 Å². The summed E-state index contributed by atoms with van der Waals surface area (Å²) >= 11 is 1.34. The van der Waals surface area contributed by atoms with Crippen molar-refractivity contribution in [1.82, 2.24) is 0 Å². The summed E-state index contributed by atoms with van der Waals surface area (Å²) in [6.07, 6.45) is -0.0350. The Morgan fingerprint density at radius 3 is 2.71 bits per heavy atom. The first-order chi connectivity index (χ1) is 9.95. The number of hydrogen-bond donors (Lipinski definition) is 2. The molecule has 0 saturated carbocycles. The van der Waals surface area contributed by atoms with Crippen molar-refractivity contribution in [2.45, 2.75) is 13.0 Å². The lowest BCUT2D eigenvalue weighted by Gasteiger charge is -2.04. The minimum Gasteiger partial charge on any atom is -0.481 e. The van der Waals surface area contributed by atoms with Crippen molar-refractivity contribution in [3.05, 3.63) is 56.0 Å². The SMILES string of the molecule is O=C(O)Cc1ccc(CNc2ccc(F)c([N+](=O)[O-])c2)s1. The molecular weight excluding hydrogens is 299 g/mol. The maximum absolute atomic E-state index is 13.2. The summed E-state index contributed by atoms with van der Waals surface area (Å²) in [5.41, 5.74) is -0.158. The lowest BCUT2D eigenvalue weighted by atomic mass is 10.2. The quantitative estimate of drug-likeness (QED) is 0.632. The van der Waals surface area contributed by atoms with Crippen molar-refractivity contribution in [3.63, 3.8) is 0 Å². The van der Waals surface area contributed by atoms with Crippen molar-refractivity contribution < 1.29 is 19.2 Å². The van der Waals surface area contributed by atoms with Gasteiger partial charge in [0.2, 0.25) is 5.82 Å². The van der Waals surface area contributed by atoms with Gasteiger partial charge in [0.25, 0.3) is 0 Å². The van der Waals surface area contributed by atoms with E-state index in [9.17, 15) is 19.3 Å². The number of nitrogens with one attached hydrogen (secondary N) is 1. The monoisotopic (exact) mass is 310 g/mol. The number of halogens is 1. The highest BCUT2D eigenvalue weighted by Crippen LogP contribution is 2.23. The summed E-state index contributed by atoms with van der Waals surface area (Å²) < 4.78 is 13.2. The second kappa shape index (κ2) is 6.31. The molecule has 2 aromatic rings. The van der Waals surface area contributed by atoms with E-state index in [4.69, 9.17) is 5.11 Å². The number of anilines is 1. The molecule has 0 saturated heterocycles. The van der Waals surface area contributed by atoms with Crippen LogP contribution in [0.15, 0.2) is 30.3 Å². The Hall–Kier alpha value is -2.48. The van der Waals surface area contributed by atoms with Gasteiger partial charge in [-0.1, -0.05) is 0 Å². The van der Waals surface area contributed by atoms with Crippen LogP contribution in [0.3, 0.4) is 0 Å². The predicted molar refractivity (Wildman–Crippen MR) is 76.0 cm³/mol. The second-order valence-electron chi connectivity index (χ2n) is 4.22. The molecule has 6 nitrogen and oxygen atoms in total. The number of benzene rings is 1.